The Labute approximate surface area is 80.7 Å². The van der Waals surface area contributed by atoms with E-state index in [0.717, 1.165) is 10.8 Å². The van der Waals surface area contributed by atoms with E-state index in [1.165, 1.54) is 0 Å². The number of carbonyl (C=O) groups excluding carboxylic acids is 1. The van der Waals surface area contributed by atoms with Gasteiger partial charge in [-0.05, 0) is 0 Å². The molecule has 2 aromatic rings. The normalized spacial score (nSPS) is 10.3. The largest absolute Gasteiger partial charge is 0.466 e. The van der Waals surface area contributed by atoms with Gasteiger partial charge in [0.25, 0.3) is 0 Å². The van der Waals surface area contributed by atoms with Gasteiger partial charge in [0.2, 0.25) is 0 Å². The number of benzene rings is 1. The van der Waals surface area contributed by atoms with Gasteiger partial charge in [-0.1, -0.05) is 24.3 Å². The standard InChI is InChI=1S/C10H9N2O2/c11-10(13)12-5-9-8-4-2-1-3-7(8)6-14-9/h1-4,6H,5H2,(H2,11,13). The molecule has 1 aromatic carbocycles. The summed E-state index contributed by atoms with van der Waals surface area (Å²) >= 11 is 0. The van der Waals surface area contributed by atoms with Crippen LogP contribution < -0.4 is 11.1 Å². The first-order chi connectivity index (χ1) is 6.77. The Hall–Kier alpha value is -1.97. The van der Waals surface area contributed by atoms with Gasteiger partial charge >= 0.3 is 6.03 Å². The number of nitrogens with zero attached hydrogens (tertiary/aromatic N) is 1. The second-order valence-electron chi connectivity index (χ2n) is 2.90. The first-order valence-corrected chi connectivity index (χ1v) is 4.19. The third-order valence-corrected chi connectivity index (χ3v) is 1.97. The van der Waals surface area contributed by atoms with Gasteiger partial charge in [-0.2, -0.15) is 0 Å². The van der Waals surface area contributed by atoms with Gasteiger partial charge in [-0.3, -0.25) is 0 Å². The topological polar surface area (TPSA) is 70.3 Å². The van der Waals surface area contributed by atoms with Crippen LogP contribution in [-0.2, 0) is 6.54 Å². The Balaban J connectivity index is 2.29. The zero-order valence-corrected chi connectivity index (χ0v) is 7.43. The van der Waals surface area contributed by atoms with E-state index in [0.29, 0.717) is 5.76 Å². The number of amides is 2. The molecule has 1 aromatic heterocycles. The second kappa shape index (κ2) is 3.41. The fourth-order valence-corrected chi connectivity index (χ4v) is 1.32. The van der Waals surface area contributed by atoms with Gasteiger partial charge in [0, 0.05) is 10.8 Å². The van der Waals surface area contributed by atoms with Gasteiger partial charge in [0.15, 0.2) is 0 Å². The van der Waals surface area contributed by atoms with Crippen LogP contribution in [-0.4, -0.2) is 6.03 Å². The number of fused-ring (bicyclic) bond motifs is 1. The summed E-state index contributed by atoms with van der Waals surface area (Å²) in [6.07, 6.45) is 1.64. The van der Waals surface area contributed by atoms with Gasteiger partial charge in [0.05, 0.1) is 6.26 Å². The summed E-state index contributed by atoms with van der Waals surface area (Å²) in [5.41, 5.74) is 4.91. The minimum absolute atomic E-state index is 0.197. The van der Waals surface area contributed by atoms with Crippen molar-refractivity contribution >= 4 is 16.8 Å². The molecule has 0 aliphatic rings. The fraction of sp³-hybridized carbons (Fsp3) is 0.100. The highest BCUT2D eigenvalue weighted by Crippen LogP contribution is 2.20. The van der Waals surface area contributed by atoms with Gasteiger partial charge < -0.3 is 10.2 Å². The van der Waals surface area contributed by atoms with Crippen LogP contribution in [0.2, 0.25) is 0 Å². The molecule has 2 N–H and O–H groups in total. The van der Waals surface area contributed by atoms with E-state index in [2.05, 4.69) is 5.32 Å². The van der Waals surface area contributed by atoms with E-state index < -0.39 is 6.03 Å². The maximum Gasteiger partial charge on any atom is 0.334 e. The van der Waals surface area contributed by atoms with Crippen molar-refractivity contribution in [3.63, 3.8) is 0 Å². The smallest absolute Gasteiger partial charge is 0.334 e. The van der Waals surface area contributed by atoms with Crippen LogP contribution in [0.3, 0.4) is 0 Å². The number of nitrogens with two attached hydrogens (primary N) is 1. The molecule has 0 spiro atoms. The van der Waals surface area contributed by atoms with Crippen molar-refractivity contribution in [3.05, 3.63) is 36.3 Å². The maximum absolute atomic E-state index is 10.4. The molecule has 0 bridgehead atoms. The lowest BCUT2D eigenvalue weighted by Gasteiger charge is -1.95. The average molecular weight is 189 g/mol. The van der Waals surface area contributed by atoms with E-state index in [9.17, 15) is 4.79 Å². The first kappa shape index (κ1) is 8.62. The lowest BCUT2D eigenvalue weighted by molar-refractivity contribution is 0.247. The highest BCUT2D eigenvalue weighted by Gasteiger charge is 2.06. The van der Waals surface area contributed by atoms with E-state index >= 15 is 0 Å². The molecule has 0 fully saturated rings. The molecule has 14 heavy (non-hydrogen) atoms. The summed E-state index contributed by atoms with van der Waals surface area (Å²) in [4.78, 5) is 10.4. The van der Waals surface area contributed by atoms with Crippen LogP contribution in [0, 0.1) is 0 Å². The molecule has 1 radical (unpaired) electrons. The Morgan fingerprint density at radius 1 is 1.43 bits per heavy atom. The molecule has 0 aliphatic carbocycles. The Morgan fingerprint density at radius 3 is 3.00 bits per heavy atom. The van der Waals surface area contributed by atoms with E-state index in [4.69, 9.17) is 10.2 Å². The summed E-state index contributed by atoms with van der Waals surface area (Å²) in [5.74, 6) is 0.666. The molecule has 4 heteroatoms. The number of hydrogen-bond donors (Lipinski definition) is 1. The van der Waals surface area contributed by atoms with Crippen molar-refractivity contribution in [2.24, 2.45) is 5.73 Å². The van der Waals surface area contributed by atoms with Crippen molar-refractivity contribution in [2.45, 2.75) is 6.54 Å². The zero-order valence-electron chi connectivity index (χ0n) is 7.43. The molecular weight excluding hydrogens is 180 g/mol. The van der Waals surface area contributed by atoms with Crippen molar-refractivity contribution in [2.75, 3.05) is 0 Å². The summed E-state index contributed by atoms with van der Waals surface area (Å²) in [6.45, 7) is 0.197. The first-order valence-electron chi connectivity index (χ1n) is 4.19. The Morgan fingerprint density at radius 2 is 2.21 bits per heavy atom. The van der Waals surface area contributed by atoms with Gasteiger partial charge in [-0.15, -0.1) is 0 Å². The number of furan rings is 1. The van der Waals surface area contributed by atoms with E-state index in [-0.39, 0.29) is 6.54 Å². The fourth-order valence-electron chi connectivity index (χ4n) is 1.32. The van der Waals surface area contributed by atoms with Crippen molar-refractivity contribution in [3.8, 4) is 0 Å². The van der Waals surface area contributed by atoms with Crippen LogP contribution in [0.15, 0.2) is 34.9 Å². The summed E-state index contributed by atoms with van der Waals surface area (Å²) in [7, 11) is 0. The summed E-state index contributed by atoms with van der Waals surface area (Å²) in [5, 5.41) is 5.53. The minimum atomic E-state index is -0.675. The van der Waals surface area contributed by atoms with Crippen LogP contribution >= 0.6 is 0 Å². The van der Waals surface area contributed by atoms with Gasteiger partial charge in [0.1, 0.15) is 12.3 Å². The quantitative estimate of drug-likeness (QED) is 0.779. The Kier molecular flexibility index (Phi) is 2.10. The molecule has 2 rings (SSSR count). The van der Waals surface area contributed by atoms with Crippen molar-refractivity contribution < 1.29 is 9.21 Å². The molecule has 1 heterocycles. The second-order valence-corrected chi connectivity index (χ2v) is 2.90. The molecule has 0 aliphatic heterocycles. The zero-order chi connectivity index (χ0) is 9.97. The number of urea groups is 1. The van der Waals surface area contributed by atoms with E-state index in [1.807, 2.05) is 24.3 Å². The molecule has 0 atom stereocenters. The lowest BCUT2D eigenvalue weighted by Crippen LogP contribution is -2.21. The monoisotopic (exact) mass is 189 g/mol. The Bertz CT molecular complexity index is 462. The predicted octanol–water partition coefficient (Wildman–Crippen LogP) is 1.62. The van der Waals surface area contributed by atoms with E-state index in [1.54, 1.807) is 6.26 Å². The molecule has 4 nitrogen and oxygen atoms in total. The summed E-state index contributed by atoms with van der Waals surface area (Å²) < 4.78 is 5.26. The summed E-state index contributed by atoms with van der Waals surface area (Å²) in [6, 6.07) is 7.01. The van der Waals surface area contributed by atoms with Crippen LogP contribution in [0.5, 0.6) is 0 Å². The molecule has 0 unspecified atom stereocenters. The molecule has 2 amide bonds. The number of carbonyl (C=O) groups is 1. The SMILES string of the molecule is NC(=O)[N]Cc1occ2ccccc12. The molecule has 71 valence electrons. The third-order valence-electron chi connectivity index (χ3n) is 1.97. The number of rotatable bonds is 2. The van der Waals surface area contributed by atoms with Crippen molar-refractivity contribution in [1.82, 2.24) is 5.32 Å². The predicted molar refractivity (Wildman–Crippen MR) is 51.6 cm³/mol. The van der Waals surface area contributed by atoms with Crippen LogP contribution in [0.25, 0.3) is 10.8 Å². The lowest BCUT2D eigenvalue weighted by atomic mass is 10.2. The average Bonchev–Trinajstić information content (AvgIpc) is 2.58. The van der Waals surface area contributed by atoms with Crippen LogP contribution in [0.4, 0.5) is 4.79 Å². The highest BCUT2D eigenvalue weighted by atomic mass is 16.3. The van der Waals surface area contributed by atoms with Gasteiger partial charge in [-0.25, -0.2) is 10.1 Å². The third kappa shape index (κ3) is 1.54. The molecular formula is C10H9N2O2. The highest BCUT2D eigenvalue weighted by molar-refractivity contribution is 5.84. The molecule has 0 saturated heterocycles. The number of primary amides is 1. The maximum atomic E-state index is 10.4. The number of hydrogen-bond acceptors (Lipinski definition) is 2. The minimum Gasteiger partial charge on any atom is -0.466 e. The van der Waals surface area contributed by atoms with Crippen LogP contribution in [0.1, 0.15) is 5.76 Å². The molecule has 0 saturated carbocycles. The van der Waals surface area contributed by atoms with Crippen molar-refractivity contribution in [1.29, 1.82) is 0 Å².